The largest absolute Gasteiger partial charge is 0.337 e. The standard InChI is InChI=1S/C15H19FN4O/c16-14-5-3-13(4-6-14)15(19-21-11-7-17)2-1-9-20-10-8-18-12-20/h2-6,8,10,12,19H,1,7,9,11,17H2. The van der Waals surface area contributed by atoms with Crippen LogP contribution in [-0.2, 0) is 11.4 Å². The quantitative estimate of drug-likeness (QED) is 0.576. The van der Waals surface area contributed by atoms with Crippen LogP contribution >= 0.6 is 0 Å². The van der Waals surface area contributed by atoms with Crippen LogP contribution in [0.1, 0.15) is 12.0 Å². The highest BCUT2D eigenvalue weighted by atomic mass is 19.1. The molecule has 2 rings (SSSR count). The third-order valence-electron chi connectivity index (χ3n) is 2.85. The van der Waals surface area contributed by atoms with E-state index >= 15 is 0 Å². The molecule has 0 unspecified atom stereocenters. The Kier molecular flexibility index (Phi) is 5.93. The first-order chi connectivity index (χ1) is 10.3. The summed E-state index contributed by atoms with van der Waals surface area (Å²) in [6, 6.07) is 6.25. The lowest BCUT2D eigenvalue weighted by molar-refractivity contribution is 0.0847. The van der Waals surface area contributed by atoms with Gasteiger partial charge < -0.3 is 10.3 Å². The highest BCUT2D eigenvalue weighted by Crippen LogP contribution is 2.13. The Balaban J connectivity index is 2.01. The lowest BCUT2D eigenvalue weighted by atomic mass is 10.1. The third kappa shape index (κ3) is 5.02. The Morgan fingerprint density at radius 3 is 2.86 bits per heavy atom. The van der Waals surface area contributed by atoms with Crippen LogP contribution in [0.3, 0.4) is 0 Å². The Morgan fingerprint density at radius 2 is 2.19 bits per heavy atom. The Bertz CT molecular complexity index is 552. The maximum Gasteiger partial charge on any atom is 0.123 e. The zero-order valence-corrected chi connectivity index (χ0v) is 11.7. The van der Waals surface area contributed by atoms with E-state index in [0.29, 0.717) is 13.2 Å². The molecule has 0 spiro atoms. The number of nitrogens with zero attached hydrogens (tertiary/aromatic N) is 2. The molecule has 0 atom stereocenters. The molecule has 0 saturated carbocycles. The van der Waals surface area contributed by atoms with Gasteiger partial charge in [0.25, 0.3) is 0 Å². The smallest absolute Gasteiger partial charge is 0.123 e. The molecule has 3 N–H and O–H groups in total. The van der Waals surface area contributed by atoms with Gasteiger partial charge in [0.1, 0.15) is 5.82 Å². The summed E-state index contributed by atoms with van der Waals surface area (Å²) in [6.45, 7) is 1.64. The molecule has 0 amide bonds. The van der Waals surface area contributed by atoms with Crippen molar-refractivity contribution in [3.63, 3.8) is 0 Å². The van der Waals surface area contributed by atoms with Gasteiger partial charge >= 0.3 is 0 Å². The van der Waals surface area contributed by atoms with E-state index in [1.807, 2.05) is 16.8 Å². The molecule has 0 aliphatic rings. The molecule has 1 heterocycles. The number of nitrogens with one attached hydrogen (secondary N) is 1. The van der Waals surface area contributed by atoms with E-state index in [-0.39, 0.29) is 5.82 Å². The average molecular weight is 290 g/mol. The van der Waals surface area contributed by atoms with Crippen LogP contribution in [0.5, 0.6) is 0 Å². The molecule has 112 valence electrons. The van der Waals surface area contributed by atoms with Gasteiger partial charge in [-0.1, -0.05) is 6.08 Å². The van der Waals surface area contributed by atoms with Gasteiger partial charge in [0.2, 0.25) is 0 Å². The van der Waals surface area contributed by atoms with Crippen molar-refractivity contribution in [2.24, 2.45) is 5.73 Å². The SMILES string of the molecule is NCCONC(=CCCn1ccnc1)c1ccc(F)cc1. The molecule has 0 saturated heterocycles. The van der Waals surface area contributed by atoms with Gasteiger partial charge in [-0.2, -0.15) is 0 Å². The molecule has 0 radical (unpaired) electrons. The second-order valence-electron chi connectivity index (χ2n) is 4.45. The monoisotopic (exact) mass is 290 g/mol. The van der Waals surface area contributed by atoms with E-state index in [1.165, 1.54) is 12.1 Å². The van der Waals surface area contributed by atoms with E-state index in [4.69, 9.17) is 10.6 Å². The summed E-state index contributed by atoms with van der Waals surface area (Å²) in [5.41, 5.74) is 9.92. The molecule has 1 aromatic carbocycles. The van der Waals surface area contributed by atoms with Crippen molar-refractivity contribution >= 4 is 5.70 Å². The second-order valence-corrected chi connectivity index (χ2v) is 4.45. The van der Waals surface area contributed by atoms with Crippen LogP contribution in [-0.4, -0.2) is 22.7 Å². The van der Waals surface area contributed by atoms with Gasteiger partial charge in [-0.3, -0.25) is 10.3 Å². The second kappa shape index (κ2) is 8.18. The van der Waals surface area contributed by atoms with E-state index in [0.717, 1.165) is 24.2 Å². The number of nitrogens with two attached hydrogens (primary N) is 1. The Labute approximate surface area is 123 Å². The molecule has 0 fully saturated rings. The number of hydroxylamine groups is 1. The zero-order valence-electron chi connectivity index (χ0n) is 11.7. The lowest BCUT2D eigenvalue weighted by Gasteiger charge is -2.11. The predicted octanol–water partition coefficient (Wildman–Crippen LogP) is 1.93. The van der Waals surface area contributed by atoms with Gasteiger partial charge in [-0.15, -0.1) is 0 Å². The van der Waals surface area contributed by atoms with Crippen molar-refractivity contribution in [2.75, 3.05) is 13.2 Å². The number of imidazole rings is 1. The summed E-state index contributed by atoms with van der Waals surface area (Å²) in [7, 11) is 0. The highest BCUT2D eigenvalue weighted by molar-refractivity contribution is 5.62. The molecule has 0 aliphatic carbocycles. The molecular weight excluding hydrogens is 271 g/mol. The number of allylic oxidation sites excluding steroid dienone is 1. The average Bonchev–Trinajstić information content (AvgIpc) is 3.00. The number of aryl methyl sites for hydroxylation is 1. The van der Waals surface area contributed by atoms with Crippen LogP contribution in [0, 0.1) is 5.82 Å². The van der Waals surface area contributed by atoms with Crippen molar-refractivity contribution in [3.8, 4) is 0 Å². The summed E-state index contributed by atoms with van der Waals surface area (Å²) in [5.74, 6) is -0.264. The maximum absolute atomic E-state index is 13.0. The van der Waals surface area contributed by atoms with Crippen molar-refractivity contribution < 1.29 is 9.23 Å². The maximum atomic E-state index is 13.0. The van der Waals surface area contributed by atoms with Gasteiger partial charge in [0.05, 0.1) is 18.6 Å². The summed E-state index contributed by atoms with van der Waals surface area (Å²) < 4.78 is 15.0. The first-order valence-corrected chi connectivity index (χ1v) is 6.79. The van der Waals surface area contributed by atoms with E-state index in [1.54, 1.807) is 24.7 Å². The molecule has 5 nitrogen and oxygen atoms in total. The fourth-order valence-electron chi connectivity index (χ4n) is 1.81. The summed E-state index contributed by atoms with van der Waals surface area (Å²) in [4.78, 5) is 9.26. The van der Waals surface area contributed by atoms with Crippen molar-refractivity contribution in [2.45, 2.75) is 13.0 Å². The molecular formula is C15H19FN4O. The minimum absolute atomic E-state index is 0.264. The van der Waals surface area contributed by atoms with Gasteiger partial charge in [-0.05, 0) is 36.2 Å². The van der Waals surface area contributed by atoms with Crippen molar-refractivity contribution in [1.29, 1.82) is 0 Å². The molecule has 21 heavy (non-hydrogen) atoms. The molecule has 2 aromatic rings. The topological polar surface area (TPSA) is 65.1 Å². The Morgan fingerprint density at radius 1 is 1.38 bits per heavy atom. The summed E-state index contributed by atoms with van der Waals surface area (Å²) in [5, 5.41) is 0. The first-order valence-electron chi connectivity index (χ1n) is 6.79. The highest BCUT2D eigenvalue weighted by Gasteiger charge is 2.02. The summed E-state index contributed by atoms with van der Waals surface area (Å²) >= 11 is 0. The first kappa shape index (κ1) is 15.2. The predicted molar refractivity (Wildman–Crippen MR) is 79.4 cm³/mol. The number of hydrogen-bond donors (Lipinski definition) is 2. The zero-order chi connectivity index (χ0) is 14.9. The van der Waals surface area contributed by atoms with Crippen LogP contribution in [0.15, 0.2) is 49.1 Å². The molecule has 0 aliphatic heterocycles. The minimum Gasteiger partial charge on any atom is -0.337 e. The number of halogens is 1. The van der Waals surface area contributed by atoms with E-state index in [9.17, 15) is 4.39 Å². The molecule has 0 bridgehead atoms. The van der Waals surface area contributed by atoms with Crippen LogP contribution in [0.25, 0.3) is 5.70 Å². The van der Waals surface area contributed by atoms with Crippen LogP contribution in [0.4, 0.5) is 4.39 Å². The molecule has 6 heteroatoms. The van der Waals surface area contributed by atoms with Gasteiger partial charge in [0.15, 0.2) is 0 Å². The number of rotatable bonds is 8. The number of benzene rings is 1. The van der Waals surface area contributed by atoms with Crippen LogP contribution < -0.4 is 11.2 Å². The van der Waals surface area contributed by atoms with Crippen LogP contribution in [0.2, 0.25) is 0 Å². The normalized spacial score (nSPS) is 11.6. The fraction of sp³-hybridized carbons (Fsp3) is 0.267. The van der Waals surface area contributed by atoms with Crippen molar-refractivity contribution in [3.05, 3.63) is 60.4 Å². The summed E-state index contributed by atoms with van der Waals surface area (Å²) in [6.07, 6.45) is 8.21. The third-order valence-corrected chi connectivity index (χ3v) is 2.85. The van der Waals surface area contributed by atoms with Crippen molar-refractivity contribution in [1.82, 2.24) is 15.0 Å². The lowest BCUT2D eigenvalue weighted by Crippen LogP contribution is -2.19. The van der Waals surface area contributed by atoms with E-state index in [2.05, 4.69) is 10.5 Å². The minimum atomic E-state index is -0.264. The Hall–Kier alpha value is -2.18. The van der Waals surface area contributed by atoms with E-state index < -0.39 is 0 Å². The van der Waals surface area contributed by atoms with Gasteiger partial charge in [-0.25, -0.2) is 9.37 Å². The number of hydrogen-bond acceptors (Lipinski definition) is 4. The molecule has 1 aromatic heterocycles. The van der Waals surface area contributed by atoms with Gasteiger partial charge in [0, 0.05) is 25.5 Å². The fourth-order valence-corrected chi connectivity index (χ4v) is 1.81. The number of aromatic nitrogens is 2.